The predicted octanol–water partition coefficient (Wildman–Crippen LogP) is 2.63. The highest BCUT2D eigenvalue weighted by atomic mass is 32.2. The van der Waals surface area contributed by atoms with Gasteiger partial charge >= 0.3 is 0 Å². The molecule has 0 aliphatic heterocycles. The Balaban J connectivity index is 1.79. The molecular formula is C17H22N2O2S. The molecule has 4 nitrogen and oxygen atoms in total. The molecule has 5 heteroatoms. The Morgan fingerprint density at radius 2 is 1.95 bits per heavy atom. The second kappa shape index (κ2) is 5.97. The highest BCUT2D eigenvalue weighted by molar-refractivity contribution is 7.91. The van der Waals surface area contributed by atoms with Crippen molar-refractivity contribution in [3.05, 3.63) is 42.1 Å². The number of benzene rings is 1. The first-order chi connectivity index (χ1) is 10.4. The van der Waals surface area contributed by atoms with Gasteiger partial charge < -0.3 is 0 Å². The van der Waals surface area contributed by atoms with Crippen molar-refractivity contribution in [1.29, 1.82) is 0 Å². The lowest BCUT2D eigenvalue weighted by Crippen LogP contribution is -2.41. The summed E-state index contributed by atoms with van der Waals surface area (Å²) in [5.74, 6) is 0. The Morgan fingerprint density at radius 1 is 1.18 bits per heavy atom. The number of sulfone groups is 1. The SMILES string of the molecule is CN(Cc1ccc2ccccc2n1)[C@@H]1CCC[C@@H]1S(C)(=O)=O. The van der Waals surface area contributed by atoms with Gasteiger partial charge in [-0.3, -0.25) is 9.88 Å². The van der Waals surface area contributed by atoms with Crippen LogP contribution in [0.4, 0.5) is 0 Å². The van der Waals surface area contributed by atoms with Crippen LogP contribution in [0.2, 0.25) is 0 Å². The summed E-state index contributed by atoms with van der Waals surface area (Å²) in [7, 11) is -0.981. The smallest absolute Gasteiger partial charge is 0.151 e. The zero-order chi connectivity index (χ0) is 15.7. The highest BCUT2D eigenvalue weighted by Gasteiger charge is 2.37. The Labute approximate surface area is 132 Å². The lowest BCUT2D eigenvalue weighted by molar-refractivity contribution is 0.236. The van der Waals surface area contributed by atoms with Gasteiger partial charge in [-0.25, -0.2) is 8.42 Å². The first-order valence-electron chi connectivity index (χ1n) is 7.69. The molecule has 3 rings (SSSR count). The standard InChI is InChI=1S/C17H22N2O2S/c1-19(16-8-5-9-17(16)22(2,20)21)12-14-11-10-13-6-3-4-7-15(13)18-14/h3-4,6-7,10-11,16-17H,5,8-9,12H2,1-2H3/t16-,17+/m1/s1. The fourth-order valence-corrected chi connectivity index (χ4v) is 4.99. The molecule has 0 unspecified atom stereocenters. The first kappa shape index (κ1) is 15.4. The molecule has 0 N–H and O–H groups in total. The normalized spacial score (nSPS) is 22.5. The molecule has 0 amide bonds. The molecule has 0 saturated heterocycles. The average Bonchev–Trinajstić information content (AvgIpc) is 2.97. The van der Waals surface area contributed by atoms with E-state index in [9.17, 15) is 8.42 Å². The van der Waals surface area contributed by atoms with Gasteiger partial charge in [-0.15, -0.1) is 0 Å². The summed E-state index contributed by atoms with van der Waals surface area (Å²) in [6.07, 6.45) is 4.07. The Bertz CT molecular complexity index is 773. The molecule has 1 aromatic heterocycles. The highest BCUT2D eigenvalue weighted by Crippen LogP contribution is 2.29. The minimum atomic E-state index is -2.99. The van der Waals surface area contributed by atoms with E-state index < -0.39 is 9.84 Å². The van der Waals surface area contributed by atoms with Crippen LogP contribution >= 0.6 is 0 Å². The summed E-state index contributed by atoms with van der Waals surface area (Å²) < 4.78 is 23.9. The third-order valence-electron chi connectivity index (χ3n) is 4.60. The first-order valence-corrected chi connectivity index (χ1v) is 9.64. The quantitative estimate of drug-likeness (QED) is 0.869. The van der Waals surface area contributed by atoms with E-state index in [0.717, 1.165) is 35.9 Å². The molecular weight excluding hydrogens is 296 g/mol. The summed E-state index contributed by atoms with van der Waals surface area (Å²) in [4.78, 5) is 6.83. The fraction of sp³-hybridized carbons (Fsp3) is 0.471. The van der Waals surface area contributed by atoms with E-state index in [2.05, 4.69) is 16.0 Å². The van der Waals surface area contributed by atoms with Crippen LogP contribution in [0.25, 0.3) is 10.9 Å². The maximum atomic E-state index is 11.9. The number of para-hydroxylation sites is 1. The third-order valence-corrected chi connectivity index (χ3v) is 6.25. The Kier molecular flexibility index (Phi) is 4.19. The van der Waals surface area contributed by atoms with E-state index in [1.54, 1.807) is 0 Å². The fourth-order valence-electron chi connectivity index (χ4n) is 3.48. The molecule has 0 spiro atoms. The molecule has 1 aromatic carbocycles. The van der Waals surface area contributed by atoms with Gasteiger partial charge in [0.15, 0.2) is 9.84 Å². The summed E-state index contributed by atoms with van der Waals surface area (Å²) in [5.41, 5.74) is 1.97. The van der Waals surface area contributed by atoms with Crippen LogP contribution in [0.15, 0.2) is 36.4 Å². The van der Waals surface area contributed by atoms with Crippen LogP contribution in [0, 0.1) is 0 Å². The van der Waals surface area contributed by atoms with Gasteiger partial charge in [0.05, 0.1) is 16.5 Å². The largest absolute Gasteiger partial charge is 0.296 e. The monoisotopic (exact) mass is 318 g/mol. The lowest BCUT2D eigenvalue weighted by Gasteiger charge is -2.28. The van der Waals surface area contributed by atoms with Gasteiger partial charge in [0, 0.05) is 24.2 Å². The van der Waals surface area contributed by atoms with Gasteiger partial charge in [0.25, 0.3) is 0 Å². The van der Waals surface area contributed by atoms with E-state index in [0.29, 0.717) is 6.54 Å². The van der Waals surface area contributed by atoms with Crippen molar-refractivity contribution >= 4 is 20.7 Å². The minimum absolute atomic E-state index is 0.100. The van der Waals surface area contributed by atoms with Gasteiger partial charge in [0.1, 0.15) is 0 Å². The molecule has 1 fully saturated rings. The van der Waals surface area contributed by atoms with E-state index in [1.165, 1.54) is 6.26 Å². The van der Waals surface area contributed by atoms with Crippen LogP contribution in [0.3, 0.4) is 0 Å². The summed E-state index contributed by atoms with van der Waals surface area (Å²) in [5, 5.41) is 0.890. The molecule has 1 heterocycles. The second-order valence-corrected chi connectivity index (χ2v) is 8.54. The van der Waals surface area contributed by atoms with Crippen molar-refractivity contribution in [2.75, 3.05) is 13.3 Å². The molecule has 0 radical (unpaired) electrons. The molecule has 0 bridgehead atoms. The molecule has 1 aliphatic carbocycles. The van der Waals surface area contributed by atoms with Crippen LogP contribution in [-0.2, 0) is 16.4 Å². The van der Waals surface area contributed by atoms with Crippen molar-refractivity contribution in [3.8, 4) is 0 Å². The molecule has 2 aromatic rings. The number of pyridine rings is 1. The van der Waals surface area contributed by atoms with Gasteiger partial charge in [-0.2, -0.15) is 0 Å². The van der Waals surface area contributed by atoms with Crippen LogP contribution in [-0.4, -0.2) is 42.9 Å². The predicted molar refractivity (Wildman–Crippen MR) is 89.5 cm³/mol. The van der Waals surface area contributed by atoms with Crippen molar-refractivity contribution in [2.24, 2.45) is 0 Å². The third kappa shape index (κ3) is 3.15. The van der Waals surface area contributed by atoms with Crippen molar-refractivity contribution < 1.29 is 8.42 Å². The molecule has 1 aliphatic rings. The second-order valence-electron chi connectivity index (χ2n) is 6.28. The Morgan fingerprint density at radius 3 is 2.73 bits per heavy atom. The maximum absolute atomic E-state index is 11.9. The molecule has 2 atom stereocenters. The summed E-state index contributed by atoms with van der Waals surface area (Å²) in [6, 6.07) is 12.3. The topological polar surface area (TPSA) is 50.3 Å². The van der Waals surface area contributed by atoms with Crippen molar-refractivity contribution in [3.63, 3.8) is 0 Å². The number of fused-ring (bicyclic) bond motifs is 1. The molecule has 22 heavy (non-hydrogen) atoms. The van der Waals surface area contributed by atoms with E-state index in [4.69, 9.17) is 0 Å². The van der Waals surface area contributed by atoms with Crippen molar-refractivity contribution in [1.82, 2.24) is 9.88 Å². The van der Waals surface area contributed by atoms with Crippen LogP contribution in [0.5, 0.6) is 0 Å². The minimum Gasteiger partial charge on any atom is -0.296 e. The number of rotatable bonds is 4. The number of hydrogen-bond acceptors (Lipinski definition) is 4. The number of aromatic nitrogens is 1. The van der Waals surface area contributed by atoms with E-state index in [1.807, 2.05) is 37.4 Å². The van der Waals surface area contributed by atoms with Crippen LogP contribution < -0.4 is 0 Å². The molecule has 118 valence electrons. The van der Waals surface area contributed by atoms with Gasteiger partial charge in [-0.1, -0.05) is 30.7 Å². The zero-order valence-electron chi connectivity index (χ0n) is 13.1. The summed E-state index contributed by atoms with van der Waals surface area (Å²) in [6.45, 7) is 0.682. The van der Waals surface area contributed by atoms with Crippen LogP contribution in [0.1, 0.15) is 25.0 Å². The lowest BCUT2D eigenvalue weighted by atomic mass is 10.2. The van der Waals surface area contributed by atoms with Gasteiger partial charge in [0.2, 0.25) is 0 Å². The van der Waals surface area contributed by atoms with E-state index in [-0.39, 0.29) is 11.3 Å². The Hall–Kier alpha value is -1.46. The maximum Gasteiger partial charge on any atom is 0.151 e. The average molecular weight is 318 g/mol. The number of hydrogen-bond donors (Lipinski definition) is 0. The van der Waals surface area contributed by atoms with E-state index >= 15 is 0 Å². The summed E-state index contributed by atoms with van der Waals surface area (Å²) >= 11 is 0. The zero-order valence-corrected chi connectivity index (χ0v) is 13.9. The van der Waals surface area contributed by atoms with Gasteiger partial charge in [-0.05, 0) is 32.0 Å². The van der Waals surface area contributed by atoms with Crippen molar-refractivity contribution in [2.45, 2.75) is 37.1 Å². The number of nitrogens with zero attached hydrogens (tertiary/aromatic N) is 2. The molecule has 1 saturated carbocycles.